The SMILES string of the molecule is C=C(C)C(=O)OCC(C)(C)NSC(F)(F)F. The molecule has 0 unspecified atom stereocenters. The van der Waals surface area contributed by atoms with E-state index in [0.717, 1.165) is 0 Å². The van der Waals surface area contributed by atoms with E-state index in [4.69, 9.17) is 4.74 Å². The summed E-state index contributed by atoms with van der Waals surface area (Å²) in [6.45, 7) is 7.66. The van der Waals surface area contributed by atoms with Gasteiger partial charge in [-0.05, 0) is 20.8 Å². The maximum Gasteiger partial charge on any atom is 0.456 e. The molecule has 0 fully saturated rings. The number of rotatable bonds is 5. The number of alkyl halides is 3. The topological polar surface area (TPSA) is 38.3 Å². The van der Waals surface area contributed by atoms with E-state index in [1.807, 2.05) is 0 Å². The van der Waals surface area contributed by atoms with Gasteiger partial charge in [0.25, 0.3) is 0 Å². The van der Waals surface area contributed by atoms with Crippen LogP contribution in [0.15, 0.2) is 12.2 Å². The van der Waals surface area contributed by atoms with Gasteiger partial charge >= 0.3 is 11.5 Å². The van der Waals surface area contributed by atoms with Gasteiger partial charge in [-0.1, -0.05) is 6.58 Å². The van der Waals surface area contributed by atoms with Gasteiger partial charge in [0.05, 0.1) is 5.54 Å². The van der Waals surface area contributed by atoms with Crippen molar-refractivity contribution in [3.8, 4) is 0 Å². The van der Waals surface area contributed by atoms with Crippen molar-refractivity contribution in [3.05, 3.63) is 12.2 Å². The highest BCUT2D eigenvalue weighted by Crippen LogP contribution is 2.29. The first-order valence-electron chi connectivity index (χ1n) is 4.38. The number of esters is 1. The Morgan fingerprint density at radius 3 is 2.31 bits per heavy atom. The van der Waals surface area contributed by atoms with E-state index >= 15 is 0 Å². The van der Waals surface area contributed by atoms with Crippen molar-refractivity contribution in [1.82, 2.24) is 4.72 Å². The van der Waals surface area contributed by atoms with Gasteiger partial charge in [-0.15, -0.1) is 0 Å². The summed E-state index contributed by atoms with van der Waals surface area (Å²) in [6, 6.07) is 0. The molecule has 0 amide bonds. The second-order valence-electron chi connectivity index (χ2n) is 3.89. The number of hydrogen-bond acceptors (Lipinski definition) is 4. The van der Waals surface area contributed by atoms with Gasteiger partial charge in [-0.25, -0.2) is 9.52 Å². The predicted molar refractivity (Wildman–Crippen MR) is 56.6 cm³/mol. The van der Waals surface area contributed by atoms with Crippen LogP contribution in [-0.4, -0.2) is 23.6 Å². The molecule has 0 saturated heterocycles. The van der Waals surface area contributed by atoms with Crippen LogP contribution in [0.2, 0.25) is 0 Å². The Labute approximate surface area is 96.5 Å². The summed E-state index contributed by atoms with van der Waals surface area (Å²) in [5.41, 5.74) is -5.12. The van der Waals surface area contributed by atoms with Crippen LogP contribution in [0, 0.1) is 0 Å². The summed E-state index contributed by atoms with van der Waals surface area (Å²) in [5, 5.41) is 0. The zero-order chi connectivity index (χ0) is 13.0. The second-order valence-corrected chi connectivity index (χ2v) is 4.76. The first-order chi connectivity index (χ1) is 7.03. The number of nitrogens with one attached hydrogen (secondary N) is 1. The van der Waals surface area contributed by atoms with Crippen molar-refractivity contribution < 1.29 is 22.7 Å². The molecule has 0 bridgehead atoms. The molecule has 0 aromatic carbocycles. The third-order valence-corrected chi connectivity index (χ3v) is 2.24. The van der Waals surface area contributed by atoms with Crippen molar-refractivity contribution in [2.45, 2.75) is 31.8 Å². The van der Waals surface area contributed by atoms with E-state index in [1.165, 1.54) is 20.8 Å². The monoisotopic (exact) mass is 257 g/mol. The van der Waals surface area contributed by atoms with Gasteiger partial charge < -0.3 is 4.74 Å². The van der Waals surface area contributed by atoms with E-state index < -0.39 is 17.0 Å². The molecule has 0 aliphatic carbocycles. The minimum absolute atomic E-state index is 0.165. The van der Waals surface area contributed by atoms with Gasteiger partial charge in [0.15, 0.2) is 0 Å². The summed E-state index contributed by atoms with van der Waals surface area (Å²) < 4.78 is 42.6. The average molecular weight is 257 g/mol. The Balaban J connectivity index is 4.05. The lowest BCUT2D eigenvalue weighted by molar-refractivity contribution is -0.140. The number of carbonyl (C=O) groups excluding carboxylic acids is 1. The van der Waals surface area contributed by atoms with Crippen molar-refractivity contribution in [1.29, 1.82) is 0 Å². The number of halogens is 3. The normalized spacial score (nSPS) is 12.4. The van der Waals surface area contributed by atoms with Crippen molar-refractivity contribution >= 4 is 17.9 Å². The van der Waals surface area contributed by atoms with Crippen molar-refractivity contribution in [3.63, 3.8) is 0 Å². The lowest BCUT2D eigenvalue weighted by atomic mass is 10.1. The molecule has 0 rings (SSSR count). The highest BCUT2D eigenvalue weighted by Gasteiger charge is 2.32. The van der Waals surface area contributed by atoms with Crippen LogP contribution < -0.4 is 4.72 Å². The van der Waals surface area contributed by atoms with Crippen molar-refractivity contribution in [2.24, 2.45) is 0 Å². The van der Waals surface area contributed by atoms with Gasteiger partial charge in [0.1, 0.15) is 6.61 Å². The lowest BCUT2D eigenvalue weighted by Gasteiger charge is -2.25. The van der Waals surface area contributed by atoms with Gasteiger partial charge in [0.2, 0.25) is 0 Å². The van der Waals surface area contributed by atoms with E-state index in [1.54, 1.807) is 0 Å². The molecule has 0 aliphatic rings. The third kappa shape index (κ3) is 7.58. The van der Waals surface area contributed by atoms with Crippen LogP contribution in [0.3, 0.4) is 0 Å². The molecule has 0 aromatic heterocycles. The fourth-order valence-electron chi connectivity index (χ4n) is 0.595. The average Bonchev–Trinajstić information content (AvgIpc) is 2.10. The quantitative estimate of drug-likeness (QED) is 0.467. The zero-order valence-electron chi connectivity index (χ0n) is 9.27. The van der Waals surface area contributed by atoms with Crippen LogP contribution in [0.5, 0.6) is 0 Å². The number of carbonyl (C=O) groups is 1. The largest absolute Gasteiger partial charge is 0.460 e. The fraction of sp³-hybridized carbons (Fsp3) is 0.667. The minimum Gasteiger partial charge on any atom is -0.460 e. The first-order valence-corrected chi connectivity index (χ1v) is 5.20. The van der Waals surface area contributed by atoms with Crippen molar-refractivity contribution in [2.75, 3.05) is 6.61 Å². The molecule has 0 aromatic rings. The molecular weight excluding hydrogens is 243 g/mol. The molecule has 1 N–H and O–H groups in total. The zero-order valence-corrected chi connectivity index (χ0v) is 10.1. The Kier molecular flexibility index (Phi) is 5.34. The Bertz CT molecular complexity index is 276. The summed E-state index contributed by atoms with van der Waals surface area (Å²) >= 11 is -0.363. The Morgan fingerprint density at radius 2 is 1.94 bits per heavy atom. The molecule has 0 saturated carbocycles. The van der Waals surface area contributed by atoms with Gasteiger partial charge in [-0.2, -0.15) is 13.2 Å². The van der Waals surface area contributed by atoms with E-state index in [2.05, 4.69) is 11.3 Å². The second kappa shape index (κ2) is 5.58. The third-order valence-electron chi connectivity index (χ3n) is 1.36. The van der Waals surface area contributed by atoms with E-state index in [0.29, 0.717) is 0 Å². The summed E-state index contributed by atoms with van der Waals surface area (Å²) in [6.07, 6.45) is 0. The van der Waals surface area contributed by atoms with Crippen LogP contribution in [0.4, 0.5) is 13.2 Å². The van der Waals surface area contributed by atoms with Crippen LogP contribution >= 0.6 is 11.9 Å². The van der Waals surface area contributed by atoms with E-state index in [9.17, 15) is 18.0 Å². The lowest BCUT2D eigenvalue weighted by Crippen LogP contribution is -2.41. The van der Waals surface area contributed by atoms with Crippen LogP contribution in [0.25, 0.3) is 0 Å². The van der Waals surface area contributed by atoms with Gasteiger partial charge in [0, 0.05) is 17.5 Å². The highest BCUT2D eigenvalue weighted by molar-refractivity contribution is 7.98. The summed E-state index contributed by atoms with van der Waals surface area (Å²) in [4.78, 5) is 11.0. The van der Waals surface area contributed by atoms with Gasteiger partial charge in [-0.3, -0.25) is 0 Å². The first kappa shape index (κ1) is 15.3. The smallest absolute Gasteiger partial charge is 0.456 e. The van der Waals surface area contributed by atoms with E-state index in [-0.39, 0.29) is 24.1 Å². The summed E-state index contributed by atoms with van der Waals surface area (Å²) in [7, 11) is 0. The molecule has 7 heteroatoms. The molecule has 16 heavy (non-hydrogen) atoms. The number of ether oxygens (including phenoxy) is 1. The molecule has 0 spiro atoms. The fourth-order valence-corrected chi connectivity index (χ4v) is 1.05. The minimum atomic E-state index is -4.37. The summed E-state index contributed by atoms with van der Waals surface area (Å²) in [5.74, 6) is -0.619. The number of hydrogen-bond donors (Lipinski definition) is 1. The maximum absolute atomic E-state index is 11.9. The molecule has 0 atom stereocenters. The maximum atomic E-state index is 11.9. The predicted octanol–water partition coefficient (Wildman–Crippen LogP) is 2.64. The Hall–Kier alpha value is -0.690. The molecule has 3 nitrogen and oxygen atoms in total. The highest BCUT2D eigenvalue weighted by atomic mass is 32.2. The molecule has 0 radical (unpaired) electrons. The molecule has 0 aliphatic heterocycles. The Morgan fingerprint density at radius 1 is 1.44 bits per heavy atom. The standard InChI is InChI=1S/C9H14F3NO2S/c1-6(2)7(14)15-5-8(3,4)13-16-9(10,11)12/h13H,1,5H2,2-4H3. The molecular formula is C9H14F3NO2S. The van der Waals surface area contributed by atoms with Crippen LogP contribution in [-0.2, 0) is 9.53 Å². The molecule has 0 heterocycles. The van der Waals surface area contributed by atoms with Crippen LogP contribution in [0.1, 0.15) is 20.8 Å². The molecule has 94 valence electrons.